The summed E-state index contributed by atoms with van der Waals surface area (Å²) in [5, 5.41) is 0. The summed E-state index contributed by atoms with van der Waals surface area (Å²) in [6, 6.07) is 0. The molecule has 0 aromatic heterocycles. The molecule has 2 heteroatoms. The van der Waals surface area contributed by atoms with E-state index < -0.39 is 0 Å². The van der Waals surface area contributed by atoms with Crippen molar-refractivity contribution in [1.29, 1.82) is 0 Å². The van der Waals surface area contributed by atoms with Crippen molar-refractivity contribution in [2.24, 2.45) is 4.99 Å². The minimum absolute atomic E-state index is 0.930. The quantitative estimate of drug-likeness (QED) is 0.539. The summed E-state index contributed by atoms with van der Waals surface area (Å²) in [7, 11) is 2.13. The highest BCUT2D eigenvalue weighted by atomic mass is 15.2. The first-order valence-electron chi connectivity index (χ1n) is 4.09. The third kappa shape index (κ3) is 1.72. The summed E-state index contributed by atoms with van der Waals surface area (Å²) in [5.41, 5.74) is 0. The van der Waals surface area contributed by atoms with Crippen LogP contribution < -0.4 is 0 Å². The Balaban J connectivity index is 2.47. The van der Waals surface area contributed by atoms with Crippen molar-refractivity contribution in [2.45, 2.75) is 26.2 Å². The van der Waals surface area contributed by atoms with Gasteiger partial charge in [-0.2, -0.15) is 0 Å². The van der Waals surface area contributed by atoms with E-state index in [-0.39, 0.29) is 0 Å². The van der Waals surface area contributed by atoms with Crippen LogP contribution in [0, 0.1) is 0 Å². The molecule has 2 nitrogen and oxygen atoms in total. The van der Waals surface area contributed by atoms with Crippen LogP contribution >= 0.6 is 0 Å². The lowest BCUT2D eigenvalue weighted by Gasteiger charge is -2.25. The molecular weight excluding hydrogens is 124 g/mol. The van der Waals surface area contributed by atoms with Gasteiger partial charge in [-0.05, 0) is 19.8 Å². The van der Waals surface area contributed by atoms with E-state index in [0.29, 0.717) is 0 Å². The number of hydrogen-bond acceptors (Lipinski definition) is 1. The molecule has 0 saturated carbocycles. The second-order valence-corrected chi connectivity index (χ2v) is 2.77. The van der Waals surface area contributed by atoms with Gasteiger partial charge >= 0.3 is 0 Å². The zero-order valence-corrected chi connectivity index (χ0v) is 6.93. The Bertz CT molecular complexity index is 129. The predicted octanol–water partition coefficient (Wildman–Crippen LogP) is 1.52. The highest BCUT2D eigenvalue weighted by molar-refractivity contribution is 5.82. The Hall–Kier alpha value is -0.530. The summed E-state index contributed by atoms with van der Waals surface area (Å²) < 4.78 is 0. The van der Waals surface area contributed by atoms with Crippen molar-refractivity contribution in [3.63, 3.8) is 0 Å². The molecule has 1 heterocycles. The van der Waals surface area contributed by atoms with E-state index in [1.807, 2.05) is 0 Å². The average Bonchev–Trinajstić information content (AvgIpc) is 1.94. The van der Waals surface area contributed by atoms with Crippen LogP contribution in [0.4, 0.5) is 0 Å². The van der Waals surface area contributed by atoms with Gasteiger partial charge in [-0.15, -0.1) is 0 Å². The molecule has 0 aromatic rings. The van der Waals surface area contributed by atoms with Crippen LogP contribution in [0.1, 0.15) is 26.2 Å². The van der Waals surface area contributed by atoms with E-state index in [1.54, 1.807) is 0 Å². The number of hydrogen-bond donors (Lipinski definition) is 0. The summed E-state index contributed by atoms with van der Waals surface area (Å²) in [6.45, 7) is 4.22. The Morgan fingerprint density at radius 3 is 2.90 bits per heavy atom. The molecule has 58 valence electrons. The van der Waals surface area contributed by atoms with Crippen LogP contribution in [0.3, 0.4) is 0 Å². The molecule has 0 N–H and O–H groups in total. The predicted molar refractivity (Wildman–Crippen MR) is 44.5 cm³/mol. The third-order valence-electron chi connectivity index (χ3n) is 1.93. The molecule has 0 aromatic carbocycles. The fourth-order valence-electron chi connectivity index (χ4n) is 1.33. The third-order valence-corrected chi connectivity index (χ3v) is 1.93. The van der Waals surface area contributed by atoms with Crippen molar-refractivity contribution >= 4 is 5.84 Å². The van der Waals surface area contributed by atoms with E-state index >= 15 is 0 Å². The largest absolute Gasteiger partial charge is 0.363 e. The Labute approximate surface area is 62.9 Å². The van der Waals surface area contributed by atoms with Crippen molar-refractivity contribution in [3.8, 4) is 0 Å². The molecule has 1 fully saturated rings. The molecule has 10 heavy (non-hydrogen) atoms. The van der Waals surface area contributed by atoms with Crippen LogP contribution in [-0.4, -0.2) is 30.9 Å². The Morgan fingerprint density at radius 2 is 2.30 bits per heavy atom. The SMILES string of the molecule is CCN=C1CCCCN1C. The van der Waals surface area contributed by atoms with Crippen molar-refractivity contribution in [2.75, 3.05) is 20.1 Å². The molecule has 1 aliphatic heterocycles. The van der Waals surface area contributed by atoms with Gasteiger partial charge in [0, 0.05) is 26.6 Å². The zero-order chi connectivity index (χ0) is 7.40. The number of piperidine rings is 1. The monoisotopic (exact) mass is 140 g/mol. The number of likely N-dealkylation sites (tertiary alicyclic amines) is 1. The molecule has 0 spiro atoms. The highest BCUT2D eigenvalue weighted by Crippen LogP contribution is 2.09. The van der Waals surface area contributed by atoms with Crippen LogP contribution in [0.5, 0.6) is 0 Å². The van der Waals surface area contributed by atoms with E-state index in [2.05, 4.69) is 23.9 Å². The van der Waals surface area contributed by atoms with Gasteiger partial charge in [-0.1, -0.05) is 0 Å². The van der Waals surface area contributed by atoms with E-state index in [4.69, 9.17) is 0 Å². The lowest BCUT2D eigenvalue weighted by Crippen LogP contribution is -2.31. The fraction of sp³-hybridized carbons (Fsp3) is 0.875. The highest BCUT2D eigenvalue weighted by Gasteiger charge is 2.10. The van der Waals surface area contributed by atoms with Crippen LogP contribution in [0.25, 0.3) is 0 Å². The first-order chi connectivity index (χ1) is 4.84. The molecule has 0 unspecified atom stereocenters. The smallest absolute Gasteiger partial charge is 0.0986 e. The van der Waals surface area contributed by atoms with Gasteiger partial charge in [-0.25, -0.2) is 0 Å². The van der Waals surface area contributed by atoms with Gasteiger partial charge < -0.3 is 4.90 Å². The van der Waals surface area contributed by atoms with E-state index in [0.717, 1.165) is 6.54 Å². The summed E-state index contributed by atoms with van der Waals surface area (Å²) in [5.74, 6) is 1.30. The normalized spacial score (nSPS) is 23.8. The molecule has 1 aliphatic rings. The lowest BCUT2D eigenvalue weighted by molar-refractivity contribution is 0.432. The fourth-order valence-corrected chi connectivity index (χ4v) is 1.33. The van der Waals surface area contributed by atoms with Crippen LogP contribution in [-0.2, 0) is 0 Å². The Kier molecular flexibility index (Phi) is 2.72. The molecule has 0 radical (unpaired) electrons. The molecule has 0 aliphatic carbocycles. The number of amidine groups is 1. The van der Waals surface area contributed by atoms with Gasteiger partial charge in [-0.3, -0.25) is 4.99 Å². The molecule has 1 rings (SSSR count). The van der Waals surface area contributed by atoms with Gasteiger partial charge in [0.05, 0.1) is 5.84 Å². The topological polar surface area (TPSA) is 15.6 Å². The van der Waals surface area contributed by atoms with Crippen LogP contribution in [0.2, 0.25) is 0 Å². The maximum Gasteiger partial charge on any atom is 0.0986 e. The minimum Gasteiger partial charge on any atom is -0.363 e. The van der Waals surface area contributed by atoms with Gasteiger partial charge in [0.15, 0.2) is 0 Å². The zero-order valence-electron chi connectivity index (χ0n) is 6.93. The average molecular weight is 140 g/mol. The van der Waals surface area contributed by atoms with Gasteiger partial charge in [0.2, 0.25) is 0 Å². The number of aliphatic imine (C=N–C) groups is 1. The molecular formula is C8H16N2. The lowest BCUT2D eigenvalue weighted by atomic mass is 10.1. The number of rotatable bonds is 1. The maximum absolute atomic E-state index is 4.41. The van der Waals surface area contributed by atoms with Crippen molar-refractivity contribution in [3.05, 3.63) is 0 Å². The molecule has 1 saturated heterocycles. The first kappa shape index (κ1) is 7.58. The van der Waals surface area contributed by atoms with Crippen molar-refractivity contribution < 1.29 is 0 Å². The standard InChI is InChI=1S/C8H16N2/c1-3-9-8-6-4-5-7-10(8)2/h3-7H2,1-2H3. The molecule has 0 atom stereocenters. The second kappa shape index (κ2) is 3.59. The summed E-state index contributed by atoms with van der Waals surface area (Å²) in [4.78, 5) is 6.68. The first-order valence-corrected chi connectivity index (χ1v) is 4.09. The van der Waals surface area contributed by atoms with E-state index in [1.165, 1.54) is 31.6 Å². The van der Waals surface area contributed by atoms with Crippen molar-refractivity contribution in [1.82, 2.24) is 4.90 Å². The maximum atomic E-state index is 4.41. The minimum atomic E-state index is 0.930. The summed E-state index contributed by atoms with van der Waals surface area (Å²) in [6.07, 6.45) is 3.84. The second-order valence-electron chi connectivity index (χ2n) is 2.77. The number of nitrogens with zero attached hydrogens (tertiary/aromatic N) is 2. The van der Waals surface area contributed by atoms with Gasteiger partial charge in [0.25, 0.3) is 0 Å². The van der Waals surface area contributed by atoms with Gasteiger partial charge in [0.1, 0.15) is 0 Å². The van der Waals surface area contributed by atoms with E-state index in [9.17, 15) is 0 Å². The molecule has 0 bridgehead atoms. The Morgan fingerprint density at radius 1 is 1.50 bits per heavy atom. The summed E-state index contributed by atoms with van der Waals surface area (Å²) >= 11 is 0. The molecule has 0 amide bonds. The van der Waals surface area contributed by atoms with Crippen LogP contribution in [0.15, 0.2) is 4.99 Å².